The van der Waals surface area contributed by atoms with Gasteiger partial charge < -0.3 is 9.88 Å². The molecule has 2 rings (SSSR count). The average Bonchev–Trinajstić information content (AvgIpc) is 2.87. The van der Waals surface area contributed by atoms with Gasteiger partial charge >= 0.3 is 0 Å². The summed E-state index contributed by atoms with van der Waals surface area (Å²) in [6.07, 6.45) is 4.75. The summed E-state index contributed by atoms with van der Waals surface area (Å²) in [5, 5.41) is 3.28. The third-order valence-corrected chi connectivity index (χ3v) is 3.10. The molecule has 5 heteroatoms. The van der Waals surface area contributed by atoms with Crippen molar-refractivity contribution in [1.82, 2.24) is 19.5 Å². The maximum atomic E-state index is 4.69. The van der Waals surface area contributed by atoms with Crippen LogP contribution in [0.5, 0.6) is 0 Å². The lowest BCUT2D eigenvalue weighted by molar-refractivity contribution is 0.680. The Morgan fingerprint density at radius 3 is 2.70 bits per heavy atom. The Bertz CT molecular complexity index is 559. The highest BCUT2D eigenvalue weighted by molar-refractivity contribution is 5.53. The van der Waals surface area contributed by atoms with Crippen molar-refractivity contribution in [2.24, 2.45) is 0 Å². The fraction of sp³-hybridized carbons (Fsp3) is 0.533. The Morgan fingerprint density at radius 2 is 2.05 bits per heavy atom. The molecule has 0 atom stereocenters. The predicted molar refractivity (Wildman–Crippen MR) is 81.8 cm³/mol. The lowest BCUT2D eigenvalue weighted by Gasteiger charge is -2.12. The molecule has 2 heterocycles. The summed E-state index contributed by atoms with van der Waals surface area (Å²) in [4.78, 5) is 13.5. The molecule has 0 amide bonds. The van der Waals surface area contributed by atoms with E-state index >= 15 is 0 Å². The number of nitrogens with one attached hydrogen (secondary N) is 1. The van der Waals surface area contributed by atoms with Gasteiger partial charge in [-0.25, -0.2) is 15.0 Å². The first kappa shape index (κ1) is 14.5. The van der Waals surface area contributed by atoms with Crippen molar-refractivity contribution in [3.8, 4) is 11.5 Å². The normalized spacial score (nSPS) is 11.1. The van der Waals surface area contributed by atoms with E-state index in [4.69, 9.17) is 0 Å². The first-order valence-electron chi connectivity index (χ1n) is 7.29. The molecule has 0 fully saturated rings. The summed E-state index contributed by atoms with van der Waals surface area (Å²) >= 11 is 0. The topological polar surface area (TPSA) is 55.6 Å². The minimum absolute atomic E-state index is 0.372. The number of anilines is 1. The molecular weight excluding hydrogens is 250 g/mol. The molecule has 0 unspecified atom stereocenters. The first-order chi connectivity index (χ1) is 9.65. The molecule has 20 heavy (non-hydrogen) atoms. The second kappa shape index (κ2) is 6.50. The summed E-state index contributed by atoms with van der Waals surface area (Å²) in [7, 11) is 0. The Hall–Kier alpha value is -1.91. The number of imidazole rings is 1. The van der Waals surface area contributed by atoms with Crippen LogP contribution in [0.4, 0.5) is 5.82 Å². The number of hydrogen-bond donors (Lipinski definition) is 1. The van der Waals surface area contributed by atoms with E-state index in [2.05, 4.69) is 52.5 Å². The van der Waals surface area contributed by atoms with Crippen LogP contribution in [-0.4, -0.2) is 26.1 Å². The molecule has 0 bridgehead atoms. The highest BCUT2D eigenvalue weighted by Crippen LogP contribution is 2.22. The monoisotopic (exact) mass is 273 g/mol. The maximum Gasteiger partial charge on any atom is 0.180 e. The number of rotatable bonds is 6. The molecule has 108 valence electrons. The summed E-state index contributed by atoms with van der Waals surface area (Å²) in [6, 6.07) is 2.03. The molecule has 0 aliphatic carbocycles. The van der Waals surface area contributed by atoms with E-state index in [1.807, 2.05) is 18.6 Å². The second-order valence-electron chi connectivity index (χ2n) is 5.16. The van der Waals surface area contributed by atoms with Gasteiger partial charge in [0.15, 0.2) is 5.82 Å². The van der Waals surface area contributed by atoms with E-state index in [0.717, 1.165) is 42.5 Å². The molecule has 0 spiro atoms. The number of aryl methyl sites for hydroxylation is 1. The number of hydrogen-bond acceptors (Lipinski definition) is 4. The lowest BCUT2D eigenvalue weighted by Crippen LogP contribution is -2.07. The van der Waals surface area contributed by atoms with Crippen LogP contribution in [0.15, 0.2) is 18.6 Å². The van der Waals surface area contributed by atoms with Crippen molar-refractivity contribution < 1.29 is 0 Å². The minimum atomic E-state index is 0.372. The molecule has 0 aromatic carbocycles. The Morgan fingerprint density at radius 1 is 1.25 bits per heavy atom. The van der Waals surface area contributed by atoms with Crippen LogP contribution in [0, 0.1) is 0 Å². The molecule has 2 aromatic rings. The van der Waals surface area contributed by atoms with E-state index in [1.165, 1.54) is 0 Å². The van der Waals surface area contributed by atoms with Gasteiger partial charge in [-0.3, -0.25) is 0 Å². The third kappa shape index (κ3) is 3.15. The molecule has 2 aromatic heterocycles. The number of nitrogens with zero attached hydrogens (tertiary/aromatic N) is 4. The third-order valence-electron chi connectivity index (χ3n) is 3.10. The van der Waals surface area contributed by atoms with Gasteiger partial charge in [0.2, 0.25) is 0 Å². The molecule has 0 saturated carbocycles. The van der Waals surface area contributed by atoms with E-state index in [-0.39, 0.29) is 0 Å². The maximum absolute atomic E-state index is 4.69. The van der Waals surface area contributed by atoms with Gasteiger partial charge in [0, 0.05) is 24.8 Å². The number of aromatic nitrogens is 4. The van der Waals surface area contributed by atoms with Crippen LogP contribution in [0.25, 0.3) is 11.5 Å². The summed E-state index contributed by atoms with van der Waals surface area (Å²) in [5.41, 5.74) is 2.03. The highest BCUT2D eigenvalue weighted by Gasteiger charge is 2.12. The van der Waals surface area contributed by atoms with Crippen molar-refractivity contribution in [1.29, 1.82) is 0 Å². The summed E-state index contributed by atoms with van der Waals surface area (Å²) in [6.45, 7) is 10.3. The van der Waals surface area contributed by atoms with E-state index in [1.54, 1.807) is 0 Å². The van der Waals surface area contributed by atoms with Crippen LogP contribution in [0.3, 0.4) is 0 Å². The van der Waals surface area contributed by atoms with Gasteiger partial charge in [-0.05, 0) is 19.3 Å². The highest BCUT2D eigenvalue weighted by atomic mass is 15.1. The Balaban J connectivity index is 2.46. The average molecular weight is 273 g/mol. The van der Waals surface area contributed by atoms with Crippen LogP contribution in [0.1, 0.15) is 45.7 Å². The zero-order chi connectivity index (χ0) is 14.5. The van der Waals surface area contributed by atoms with E-state index in [0.29, 0.717) is 5.92 Å². The van der Waals surface area contributed by atoms with Gasteiger partial charge in [-0.2, -0.15) is 0 Å². The van der Waals surface area contributed by atoms with Gasteiger partial charge in [-0.15, -0.1) is 0 Å². The van der Waals surface area contributed by atoms with Crippen molar-refractivity contribution in [2.75, 3.05) is 11.9 Å². The molecular formula is C15H23N5. The quantitative estimate of drug-likeness (QED) is 0.877. The fourth-order valence-electron chi connectivity index (χ4n) is 2.07. The molecule has 0 radical (unpaired) electrons. The minimum Gasteiger partial charge on any atom is -0.370 e. The SMILES string of the molecule is CCCn1cncc1-c1nc(NCC)cc(C(C)C)n1. The van der Waals surface area contributed by atoms with Crippen molar-refractivity contribution in [3.63, 3.8) is 0 Å². The van der Waals surface area contributed by atoms with Crippen LogP contribution >= 0.6 is 0 Å². The van der Waals surface area contributed by atoms with Crippen LogP contribution in [0.2, 0.25) is 0 Å². The second-order valence-corrected chi connectivity index (χ2v) is 5.16. The first-order valence-corrected chi connectivity index (χ1v) is 7.29. The van der Waals surface area contributed by atoms with Crippen molar-refractivity contribution in [3.05, 3.63) is 24.3 Å². The molecule has 0 aliphatic rings. The molecule has 0 aliphatic heterocycles. The van der Waals surface area contributed by atoms with Gasteiger partial charge in [0.05, 0.1) is 12.5 Å². The van der Waals surface area contributed by atoms with Crippen molar-refractivity contribution >= 4 is 5.82 Å². The summed E-state index contributed by atoms with van der Waals surface area (Å²) in [5.74, 6) is 2.00. The van der Waals surface area contributed by atoms with Crippen LogP contribution in [-0.2, 0) is 6.54 Å². The smallest absolute Gasteiger partial charge is 0.180 e. The standard InChI is InChI=1S/C15H23N5/c1-5-7-20-10-16-9-13(20)15-18-12(11(3)4)8-14(19-15)17-6-2/h8-11H,5-7H2,1-4H3,(H,17,18,19). The van der Waals surface area contributed by atoms with Crippen molar-refractivity contribution in [2.45, 2.75) is 46.6 Å². The summed E-state index contributed by atoms with van der Waals surface area (Å²) < 4.78 is 2.11. The molecule has 5 nitrogen and oxygen atoms in total. The van der Waals surface area contributed by atoms with Gasteiger partial charge in [-0.1, -0.05) is 20.8 Å². The fourth-order valence-corrected chi connectivity index (χ4v) is 2.07. The Labute approximate surface area is 120 Å². The van der Waals surface area contributed by atoms with Gasteiger partial charge in [0.25, 0.3) is 0 Å². The zero-order valence-corrected chi connectivity index (χ0v) is 12.7. The lowest BCUT2D eigenvalue weighted by atomic mass is 10.1. The van der Waals surface area contributed by atoms with E-state index in [9.17, 15) is 0 Å². The Kier molecular flexibility index (Phi) is 4.71. The largest absolute Gasteiger partial charge is 0.370 e. The predicted octanol–water partition coefficient (Wildman–Crippen LogP) is 3.31. The van der Waals surface area contributed by atoms with Crippen LogP contribution < -0.4 is 5.32 Å². The molecule has 1 N–H and O–H groups in total. The van der Waals surface area contributed by atoms with Gasteiger partial charge in [0.1, 0.15) is 11.5 Å². The zero-order valence-electron chi connectivity index (χ0n) is 12.7. The van der Waals surface area contributed by atoms with E-state index < -0.39 is 0 Å². The molecule has 0 saturated heterocycles.